The number of rotatable bonds is 10. The maximum atomic E-state index is 13.0. The van der Waals surface area contributed by atoms with Crippen LogP contribution in [-0.2, 0) is 10.0 Å². The number of nitrogens with zero attached hydrogens (tertiary/aromatic N) is 2. The highest BCUT2D eigenvalue weighted by Gasteiger charge is 2.26. The summed E-state index contributed by atoms with van der Waals surface area (Å²) < 4.78 is 32.5. The first-order valence-electron chi connectivity index (χ1n) is 10.6. The van der Waals surface area contributed by atoms with Gasteiger partial charge in [0.2, 0.25) is 10.0 Å². The molecular weight excluding hydrogens is 464 g/mol. The van der Waals surface area contributed by atoms with Crippen LogP contribution in [0.25, 0.3) is 10.9 Å². The molecule has 33 heavy (non-hydrogen) atoms. The number of hydrogen-bond acceptors (Lipinski definition) is 6. The molecular formula is C23H27ClN4O4S. The zero-order valence-corrected chi connectivity index (χ0v) is 20.3. The third-order valence-electron chi connectivity index (χ3n) is 5.18. The molecule has 0 saturated carbocycles. The van der Waals surface area contributed by atoms with Gasteiger partial charge < -0.3 is 15.4 Å². The van der Waals surface area contributed by atoms with Gasteiger partial charge in [0.05, 0.1) is 12.6 Å². The predicted molar refractivity (Wildman–Crippen MR) is 131 cm³/mol. The second-order valence-corrected chi connectivity index (χ2v) is 9.50. The van der Waals surface area contributed by atoms with Gasteiger partial charge in [0, 0.05) is 54.0 Å². The number of nitrogens with one attached hydrogen (secondary N) is 2. The minimum atomic E-state index is -3.78. The van der Waals surface area contributed by atoms with Crippen LogP contribution in [0.15, 0.2) is 53.6 Å². The van der Waals surface area contributed by atoms with Gasteiger partial charge in [-0.3, -0.25) is 9.78 Å². The van der Waals surface area contributed by atoms with E-state index in [1.54, 1.807) is 38.2 Å². The monoisotopic (exact) mass is 490 g/mol. The van der Waals surface area contributed by atoms with Crippen molar-refractivity contribution >= 4 is 44.1 Å². The van der Waals surface area contributed by atoms with E-state index < -0.39 is 10.0 Å². The summed E-state index contributed by atoms with van der Waals surface area (Å²) in [6.45, 7) is 4.96. The molecule has 3 rings (SSSR count). The number of sulfonamides is 1. The summed E-state index contributed by atoms with van der Waals surface area (Å²) in [5.74, 6) is -0.174. The molecule has 0 radical (unpaired) electrons. The average molecular weight is 491 g/mol. The lowest BCUT2D eigenvalue weighted by Crippen LogP contribution is -2.32. The van der Waals surface area contributed by atoms with Crippen LogP contribution in [0.2, 0.25) is 5.02 Å². The van der Waals surface area contributed by atoms with Gasteiger partial charge in [-0.25, -0.2) is 8.42 Å². The fourth-order valence-electron chi connectivity index (χ4n) is 3.47. The highest BCUT2D eigenvalue weighted by Crippen LogP contribution is 2.28. The fourth-order valence-corrected chi connectivity index (χ4v) is 5.28. The van der Waals surface area contributed by atoms with Crippen molar-refractivity contribution < 1.29 is 17.9 Å². The van der Waals surface area contributed by atoms with Crippen molar-refractivity contribution in [3.8, 4) is 5.75 Å². The van der Waals surface area contributed by atoms with E-state index in [0.717, 1.165) is 16.6 Å². The summed E-state index contributed by atoms with van der Waals surface area (Å²) in [7, 11) is -2.38. The number of methoxy groups -OCH3 is 1. The number of ether oxygens (including phenoxy) is 1. The quantitative estimate of drug-likeness (QED) is 0.419. The zero-order valence-electron chi connectivity index (χ0n) is 18.8. The topological polar surface area (TPSA) is 101 Å². The number of carbonyl (C=O) groups excluding carboxylic acids is 1. The van der Waals surface area contributed by atoms with Crippen LogP contribution in [0.5, 0.6) is 5.75 Å². The van der Waals surface area contributed by atoms with Crippen LogP contribution < -0.4 is 15.4 Å². The van der Waals surface area contributed by atoms with E-state index in [4.69, 9.17) is 16.3 Å². The molecule has 0 fully saturated rings. The van der Waals surface area contributed by atoms with Gasteiger partial charge in [-0.2, -0.15) is 4.31 Å². The fraction of sp³-hybridized carbons (Fsp3) is 0.304. The number of carbonyl (C=O) groups is 1. The number of benzene rings is 2. The molecule has 3 aromatic rings. The van der Waals surface area contributed by atoms with Gasteiger partial charge in [0.25, 0.3) is 5.91 Å². The van der Waals surface area contributed by atoms with Gasteiger partial charge in [0.15, 0.2) is 0 Å². The second-order valence-electron chi connectivity index (χ2n) is 7.16. The molecule has 10 heteroatoms. The first-order valence-corrected chi connectivity index (χ1v) is 12.4. The molecule has 2 aromatic carbocycles. The number of fused-ring (bicyclic) bond motifs is 1. The zero-order chi connectivity index (χ0) is 24.0. The molecule has 0 spiro atoms. The number of pyridine rings is 1. The Morgan fingerprint density at radius 2 is 1.85 bits per heavy atom. The molecule has 176 valence electrons. The highest BCUT2D eigenvalue weighted by atomic mass is 35.5. The molecule has 1 heterocycles. The van der Waals surface area contributed by atoms with Crippen molar-refractivity contribution in [2.75, 3.05) is 38.6 Å². The third kappa shape index (κ3) is 5.55. The van der Waals surface area contributed by atoms with Gasteiger partial charge in [-0.05, 0) is 42.5 Å². The molecule has 0 aliphatic rings. The standard InChI is InChI=1S/C23H27ClN4O4S/c1-4-28(5-2)33(30,31)22-14-16(6-9-21(22)32-3)23(29)27-13-12-26-19-10-11-25-20-15-17(24)7-8-18(19)20/h6-11,14-15H,4-5,12-13H2,1-3H3,(H,25,26)(H,27,29). The van der Waals surface area contributed by atoms with E-state index in [9.17, 15) is 13.2 Å². The summed E-state index contributed by atoms with van der Waals surface area (Å²) in [5, 5.41) is 7.63. The minimum absolute atomic E-state index is 0.0265. The Bertz CT molecular complexity index is 1250. The number of aromatic nitrogens is 1. The summed E-state index contributed by atoms with van der Waals surface area (Å²) in [6, 6.07) is 11.7. The third-order valence-corrected chi connectivity index (χ3v) is 7.49. The van der Waals surface area contributed by atoms with Crippen molar-refractivity contribution in [2.45, 2.75) is 18.7 Å². The molecule has 0 atom stereocenters. The molecule has 0 bridgehead atoms. The maximum Gasteiger partial charge on any atom is 0.251 e. The van der Waals surface area contributed by atoms with Crippen molar-refractivity contribution in [2.24, 2.45) is 0 Å². The SMILES string of the molecule is CCN(CC)S(=O)(=O)c1cc(C(=O)NCCNc2ccnc3cc(Cl)ccc23)ccc1OC. The van der Waals surface area contributed by atoms with E-state index in [0.29, 0.717) is 31.2 Å². The smallest absolute Gasteiger partial charge is 0.251 e. The Hall–Kier alpha value is -2.88. The van der Waals surface area contributed by atoms with Gasteiger partial charge in [-0.1, -0.05) is 25.4 Å². The van der Waals surface area contributed by atoms with Crippen LogP contribution in [0, 0.1) is 0 Å². The van der Waals surface area contributed by atoms with E-state index in [1.807, 2.05) is 12.1 Å². The number of hydrogen-bond donors (Lipinski definition) is 2. The van der Waals surface area contributed by atoms with Crippen molar-refractivity contribution in [1.29, 1.82) is 0 Å². The molecule has 1 amide bonds. The Morgan fingerprint density at radius 1 is 1.09 bits per heavy atom. The number of amides is 1. The maximum absolute atomic E-state index is 13.0. The van der Waals surface area contributed by atoms with Crippen LogP contribution in [0.1, 0.15) is 24.2 Å². The van der Waals surface area contributed by atoms with Gasteiger partial charge >= 0.3 is 0 Å². The Balaban J connectivity index is 1.69. The van der Waals surface area contributed by atoms with E-state index in [1.165, 1.54) is 23.5 Å². The second kappa shape index (κ2) is 10.8. The van der Waals surface area contributed by atoms with Gasteiger partial charge in [0.1, 0.15) is 10.6 Å². The van der Waals surface area contributed by atoms with E-state index >= 15 is 0 Å². The normalized spacial score (nSPS) is 11.5. The van der Waals surface area contributed by atoms with E-state index in [-0.39, 0.29) is 22.1 Å². The Kier molecular flexibility index (Phi) is 8.12. The molecule has 0 aliphatic heterocycles. The summed E-state index contributed by atoms with van der Waals surface area (Å²) in [6.07, 6.45) is 1.69. The summed E-state index contributed by atoms with van der Waals surface area (Å²) in [5.41, 5.74) is 1.89. The lowest BCUT2D eigenvalue weighted by atomic mass is 10.2. The molecule has 1 aromatic heterocycles. The van der Waals surface area contributed by atoms with Crippen molar-refractivity contribution in [3.63, 3.8) is 0 Å². The molecule has 0 unspecified atom stereocenters. The largest absolute Gasteiger partial charge is 0.495 e. The minimum Gasteiger partial charge on any atom is -0.495 e. The van der Waals surface area contributed by atoms with Crippen molar-refractivity contribution in [1.82, 2.24) is 14.6 Å². The predicted octanol–water partition coefficient (Wildman–Crippen LogP) is 3.77. The Morgan fingerprint density at radius 3 is 2.55 bits per heavy atom. The molecule has 2 N–H and O–H groups in total. The summed E-state index contributed by atoms with van der Waals surface area (Å²) >= 11 is 6.03. The van der Waals surface area contributed by atoms with Crippen LogP contribution in [0.4, 0.5) is 5.69 Å². The number of anilines is 1. The average Bonchev–Trinajstić information content (AvgIpc) is 2.81. The summed E-state index contributed by atoms with van der Waals surface area (Å²) in [4.78, 5) is 17.0. The Labute approximate surface area is 199 Å². The molecule has 8 nitrogen and oxygen atoms in total. The van der Waals surface area contributed by atoms with Crippen LogP contribution in [-0.4, -0.2) is 56.9 Å². The highest BCUT2D eigenvalue weighted by molar-refractivity contribution is 7.89. The van der Waals surface area contributed by atoms with Gasteiger partial charge in [-0.15, -0.1) is 0 Å². The molecule has 0 saturated heterocycles. The first kappa shape index (κ1) is 24.8. The number of halogens is 1. The van der Waals surface area contributed by atoms with E-state index in [2.05, 4.69) is 15.6 Å². The van der Waals surface area contributed by atoms with Crippen molar-refractivity contribution in [3.05, 3.63) is 59.2 Å². The van der Waals surface area contributed by atoms with Crippen LogP contribution >= 0.6 is 11.6 Å². The van der Waals surface area contributed by atoms with Crippen LogP contribution in [0.3, 0.4) is 0 Å². The molecule has 0 aliphatic carbocycles. The lowest BCUT2D eigenvalue weighted by Gasteiger charge is -2.20. The lowest BCUT2D eigenvalue weighted by molar-refractivity contribution is 0.0955. The first-order chi connectivity index (χ1) is 15.8.